The Bertz CT molecular complexity index is 2450. The van der Waals surface area contributed by atoms with Crippen LogP contribution in [0.15, 0.2) is 195 Å². The summed E-state index contributed by atoms with van der Waals surface area (Å²) in [7, 11) is 0. The minimum atomic E-state index is 0.939. The Labute approximate surface area is 320 Å². The van der Waals surface area contributed by atoms with Crippen LogP contribution in [0.25, 0.3) is 34.1 Å². The predicted octanol–water partition coefficient (Wildman–Crippen LogP) is 14.7. The van der Waals surface area contributed by atoms with E-state index in [1.807, 2.05) is 18.2 Å². The van der Waals surface area contributed by atoms with Crippen molar-refractivity contribution >= 4 is 57.0 Å². The zero-order valence-corrected chi connectivity index (χ0v) is 30.6. The van der Waals surface area contributed by atoms with Gasteiger partial charge in [-0.3, -0.25) is 0 Å². The van der Waals surface area contributed by atoms with Crippen molar-refractivity contribution in [2.45, 2.75) is 25.7 Å². The van der Waals surface area contributed by atoms with E-state index in [9.17, 15) is 0 Å². The third-order valence-electron chi connectivity index (χ3n) is 10.2. The highest BCUT2D eigenvalue weighted by Crippen LogP contribution is 2.42. The Morgan fingerprint density at radius 1 is 0.556 bits per heavy atom. The molecule has 1 aliphatic rings. The van der Waals surface area contributed by atoms with Crippen molar-refractivity contribution in [3.63, 3.8) is 0 Å². The number of anilines is 6. The van der Waals surface area contributed by atoms with Crippen LogP contribution in [0.4, 0.5) is 34.1 Å². The molecule has 54 heavy (non-hydrogen) atoms. The zero-order chi connectivity index (χ0) is 36.7. The van der Waals surface area contributed by atoms with Crippen molar-refractivity contribution < 1.29 is 0 Å². The van der Waals surface area contributed by atoms with E-state index in [1.54, 1.807) is 0 Å². The van der Waals surface area contributed by atoms with Crippen molar-refractivity contribution in [1.82, 2.24) is 0 Å². The van der Waals surface area contributed by atoms with Gasteiger partial charge in [-0.2, -0.15) is 0 Å². The van der Waals surface area contributed by atoms with Crippen molar-refractivity contribution in [3.05, 3.63) is 217 Å². The van der Waals surface area contributed by atoms with E-state index in [4.69, 9.17) is 0 Å². The van der Waals surface area contributed by atoms with Crippen LogP contribution >= 0.6 is 0 Å². The first-order valence-corrected chi connectivity index (χ1v) is 18.9. The predicted molar refractivity (Wildman–Crippen MR) is 234 cm³/mol. The Balaban J connectivity index is 1.17. The van der Waals surface area contributed by atoms with Gasteiger partial charge in [-0.25, -0.2) is 0 Å². The summed E-state index contributed by atoms with van der Waals surface area (Å²) in [5.41, 5.74) is 14.4. The number of benzene rings is 7. The Kier molecular flexibility index (Phi) is 10.2. The molecule has 7 aromatic carbocycles. The summed E-state index contributed by atoms with van der Waals surface area (Å²) in [5.74, 6) is 0. The maximum Gasteiger partial charge on any atom is 0.0540 e. The van der Waals surface area contributed by atoms with E-state index < -0.39 is 0 Å². The fourth-order valence-corrected chi connectivity index (χ4v) is 7.55. The van der Waals surface area contributed by atoms with Crippen molar-refractivity contribution in [2.24, 2.45) is 0 Å². The molecule has 0 saturated heterocycles. The van der Waals surface area contributed by atoms with Gasteiger partial charge in [0, 0.05) is 28.4 Å². The molecule has 262 valence electrons. The first kappa shape index (κ1) is 34.4. The third-order valence-corrected chi connectivity index (χ3v) is 10.2. The molecule has 0 radical (unpaired) electrons. The lowest BCUT2D eigenvalue weighted by molar-refractivity contribution is 0.953. The number of rotatable bonds is 12. The van der Waals surface area contributed by atoms with Crippen molar-refractivity contribution in [3.8, 4) is 11.1 Å². The van der Waals surface area contributed by atoms with Crippen molar-refractivity contribution in [2.75, 3.05) is 9.80 Å². The summed E-state index contributed by atoms with van der Waals surface area (Å²) in [4.78, 5) is 4.76. The number of fused-ring (bicyclic) bond motifs is 2. The normalized spacial score (nSPS) is 12.1. The largest absolute Gasteiger partial charge is 0.310 e. The fourth-order valence-electron chi connectivity index (χ4n) is 7.55. The summed E-state index contributed by atoms with van der Waals surface area (Å²) in [6.07, 6.45) is 16.7. The van der Waals surface area contributed by atoms with Gasteiger partial charge in [0.1, 0.15) is 0 Å². The Morgan fingerprint density at radius 3 is 1.70 bits per heavy atom. The lowest BCUT2D eigenvalue weighted by atomic mass is 9.92. The van der Waals surface area contributed by atoms with Crippen LogP contribution in [0, 0.1) is 0 Å². The van der Waals surface area contributed by atoms with Crippen LogP contribution in [0.3, 0.4) is 0 Å². The molecule has 0 unspecified atom stereocenters. The number of hydrogen-bond acceptors (Lipinski definition) is 2. The topological polar surface area (TPSA) is 6.48 Å². The summed E-state index contributed by atoms with van der Waals surface area (Å²) < 4.78 is 0. The van der Waals surface area contributed by atoms with E-state index in [1.165, 1.54) is 44.3 Å². The maximum absolute atomic E-state index is 4.03. The van der Waals surface area contributed by atoms with Gasteiger partial charge in [-0.15, -0.1) is 6.58 Å². The average Bonchev–Trinajstić information content (AvgIpc) is 3.23. The van der Waals surface area contributed by atoms with Gasteiger partial charge in [-0.05, 0) is 137 Å². The molecule has 0 aliphatic heterocycles. The lowest BCUT2D eigenvalue weighted by Gasteiger charge is -2.29. The van der Waals surface area contributed by atoms with E-state index in [0.717, 1.165) is 59.7 Å². The van der Waals surface area contributed by atoms with Crippen LogP contribution in [0.2, 0.25) is 0 Å². The lowest BCUT2D eigenvalue weighted by Crippen LogP contribution is -2.13. The fraction of sp³-hybridized carbons (Fsp3) is 0.0769. The second-order valence-electron chi connectivity index (χ2n) is 13.7. The molecule has 0 bridgehead atoms. The third kappa shape index (κ3) is 7.20. The smallest absolute Gasteiger partial charge is 0.0540 e. The van der Waals surface area contributed by atoms with Gasteiger partial charge in [-0.1, -0.05) is 134 Å². The second kappa shape index (κ2) is 15.9. The number of aryl methyl sites for hydroxylation is 2. The molecule has 8 rings (SSSR count). The molecule has 7 aromatic rings. The molecule has 0 spiro atoms. The van der Waals surface area contributed by atoms with Crippen LogP contribution in [-0.4, -0.2) is 0 Å². The monoisotopic (exact) mass is 696 g/mol. The second-order valence-corrected chi connectivity index (χ2v) is 13.7. The molecular weight excluding hydrogens is 653 g/mol. The van der Waals surface area contributed by atoms with Gasteiger partial charge < -0.3 is 9.80 Å². The number of nitrogens with zero attached hydrogens (tertiary/aromatic N) is 2. The minimum Gasteiger partial charge on any atom is -0.310 e. The average molecular weight is 697 g/mol. The molecule has 0 N–H and O–H groups in total. The SMILES string of the molecule is C=C/C=C\c1cc2ccccc2cc1N(c1ccccc1)c1ccc(-c2ccc(N(c3ccccc3)c3cc4c(cc3CCC=C)CCC=C4)cc2)cc1. The molecule has 0 atom stereocenters. The molecule has 0 aromatic heterocycles. The first-order chi connectivity index (χ1) is 26.7. The van der Waals surface area contributed by atoms with E-state index in [2.05, 4.69) is 199 Å². The molecular formula is C52H44N2. The highest BCUT2D eigenvalue weighted by Gasteiger charge is 2.20. The van der Waals surface area contributed by atoms with Crippen LogP contribution < -0.4 is 9.80 Å². The molecule has 1 aliphatic carbocycles. The maximum atomic E-state index is 4.03. The van der Waals surface area contributed by atoms with Crippen LogP contribution in [0.5, 0.6) is 0 Å². The van der Waals surface area contributed by atoms with Crippen molar-refractivity contribution in [1.29, 1.82) is 0 Å². The summed E-state index contributed by atoms with van der Waals surface area (Å²) in [6.45, 7) is 7.96. The number of allylic oxidation sites excluding steroid dienone is 4. The van der Waals surface area contributed by atoms with E-state index >= 15 is 0 Å². The molecule has 0 fully saturated rings. The minimum absolute atomic E-state index is 0.939. The quantitative estimate of drug-likeness (QED) is 0.0927. The van der Waals surface area contributed by atoms with Crippen LogP contribution in [-0.2, 0) is 12.8 Å². The highest BCUT2D eigenvalue weighted by molar-refractivity contribution is 5.94. The standard InChI is InChI=1S/C52H44N2/c1-3-5-17-45-35-41-19-13-15-21-43(41)37-51(45)53(47-23-9-7-10-24-47)49-31-27-39(28-32-49)40-29-33-50(34-30-40)54(48-25-11-8-12-26-48)52-38-44-22-16-14-20-42(44)36-46(52)18-6-4-2/h3-5,7-13,15-17,19,21-38H,1-2,6,14,18,20H2/b17-5-. The Morgan fingerprint density at radius 2 is 1.11 bits per heavy atom. The molecule has 2 heteroatoms. The molecule has 0 saturated carbocycles. The van der Waals surface area contributed by atoms with E-state index in [0.29, 0.717) is 0 Å². The number of hydrogen-bond donors (Lipinski definition) is 0. The summed E-state index contributed by atoms with van der Waals surface area (Å²) in [6, 6.07) is 57.2. The van der Waals surface area contributed by atoms with Gasteiger partial charge >= 0.3 is 0 Å². The highest BCUT2D eigenvalue weighted by atomic mass is 15.1. The molecule has 0 amide bonds. The van der Waals surface area contributed by atoms with Gasteiger partial charge in [0.25, 0.3) is 0 Å². The Hall–Kier alpha value is -6.64. The molecule has 0 heterocycles. The van der Waals surface area contributed by atoms with Gasteiger partial charge in [0.2, 0.25) is 0 Å². The van der Waals surface area contributed by atoms with Gasteiger partial charge in [0.05, 0.1) is 5.69 Å². The number of para-hydroxylation sites is 2. The molecule has 2 nitrogen and oxygen atoms in total. The van der Waals surface area contributed by atoms with Gasteiger partial charge in [0.15, 0.2) is 0 Å². The first-order valence-electron chi connectivity index (χ1n) is 18.9. The van der Waals surface area contributed by atoms with E-state index in [-0.39, 0.29) is 0 Å². The van der Waals surface area contributed by atoms with Crippen LogP contribution in [0.1, 0.15) is 35.1 Å². The zero-order valence-electron chi connectivity index (χ0n) is 30.6. The summed E-state index contributed by atoms with van der Waals surface area (Å²) >= 11 is 0. The summed E-state index contributed by atoms with van der Waals surface area (Å²) in [5, 5.41) is 2.41.